The van der Waals surface area contributed by atoms with Gasteiger partial charge in [-0.05, 0) is 68.9 Å². The molecule has 1 saturated heterocycles. The first-order chi connectivity index (χ1) is 14.5. The van der Waals surface area contributed by atoms with Crippen molar-refractivity contribution in [2.45, 2.75) is 47.1 Å². The second kappa shape index (κ2) is 10.2. The molecule has 1 unspecified atom stereocenters. The lowest BCUT2D eigenvalue weighted by Crippen LogP contribution is -2.51. The van der Waals surface area contributed by atoms with E-state index in [1.54, 1.807) is 0 Å². The zero-order valence-corrected chi connectivity index (χ0v) is 19.0. The first-order valence-corrected chi connectivity index (χ1v) is 11.3. The number of carbonyl (C=O) groups is 1. The number of aryl methyl sites for hydroxylation is 2. The molecule has 0 bridgehead atoms. The number of anilines is 1. The monoisotopic (exact) mass is 407 g/mol. The van der Waals surface area contributed by atoms with Crippen molar-refractivity contribution in [1.29, 1.82) is 0 Å². The number of hydrogen-bond acceptors (Lipinski definition) is 3. The summed E-state index contributed by atoms with van der Waals surface area (Å²) in [6.07, 6.45) is 1.77. The highest BCUT2D eigenvalue weighted by atomic mass is 16.2. The summed E-state index contributed by atoms with van der Waals surface area (Å²) in [6, 6.07) is 16.8. The molecule has 4 heteroatoms. The summed E-state index contributed by atoms with van der Waals surface area (Å²) in [5.74, 6) is 0.456. The minimum atomic E-state index is -0.343. The maximum Gasteiger partial charge on any atom is 0.231 e. The van der Waals surface area contributed by atoms with Gasteiger partial charge in [-0.2, -0.15) is 0 Å². The van der Waals surface area contributed by atoms with Gasteiger partial charge in [-0.15, -0.1) is 0 Å². The molecule has 1 heterocycles. The highest BCUT2D eigenvalue weighted by Crippen LogP contribution is 2.39. The van der Waals surface area contributed by atoms with Crippen LogP contribution in [0.25, 0.3) is 0 Å². The largest absolute Gasteiger partial charge is 0.325 e. The summed E-state index contributed by atoms with van der Waals surface area (Å²) in [4.78, 5) is 16.2. The van der Waals surface area contributed by atoms with E-state index < -0.39 is 0 Å². The fraction of sp³-hybridized carbons (Fsp3) is 0.500. The van der Waals surface area contributed by atoms with E-state index in [0.29, 0.717) is 0 Å². The van der Waals surface area contributed by atoms with Crippen LogP contribution in [0.2, 0.25) is 0 Å². The van der Waals surface area contributed by atoms with Crippen LogP contribution in [0.4, 0.5) is 5.69 Å². The average Bonchev–Trinajstić information content (AvgIpc) is 2.76. The summed E-state index contributed by atoms with van der Waals surface area (Å²) >= 11 is 0. The Kier molecular flexibility index (Phi) is 7.68. The Morgan fingerprint density at radius 3 is 2.30 bits per heavy atom. The van der Waals surface area contributed by atoms with Crippen molar-refractivity contribution in [1.82, 2.24) is 10.2 Å². The fourth-order valence-electron chi connectivity index (χ4n) is 4.78. The number of hydrogen-bond donors (Lipinski definition) is 2. The third-order valence-corrected chi connectivity index (χ3v) is 6.84. The molecule has 1 aliphatic rings. The van der Waals surface area contributed by atoms with Crippen molar-refractivity contribution in [3.63, 3.8) is 0 Å². The number of para-hydroxylation sites is 1. The van der Waals surface area contributed by atoms with Crippen LogP contribution < -0.4 is 10.6 Å². The van der Waals surface area contributed by atoms with Crippen molar-refractivity contribution in [2.75, 3.05) is 31.5 Å². The fourth-order valence-corrected chi connectivity index (χ4v) is 4.78. The average molecular weight is 408 g/mol. The van der Waals surface area contributed by atoms with Crippen molar-refractivity contribution >= 4 is 11.6 Å². The Balaban J connectivity index is 1.78. The third kappa shape index (κ3) is 5.11. The summed E-state index contributed by atoms with van der Waals surface area (Å²) < 4.78 is 0. The van der Waals surface area contributed by atoms with Crippen LogP contribution in [-0.2, 0) is 11.3 Å². The molecule has 2 aromatic rings. The van der Waals surface area contributed by atoms with Gasteiger partial charge in [-0.1, -0.05) is 62.4 Å². The Labute approximate surface area is 182 Å². The molecule has 0 aromatic heterocycles. The van der Waals surface area contributed by atoms with Gasteiger partial charge in [0.1, 0.15) is 0 Å². The molecule has 0 spiro atoms. The Hall–Kier alpha value is -2.17. The predicted molar refractivity (Wildman–Crippen MR) is 126 cm³/mol. The second-order valence-corrected chi connectivity index (χ2v) is 8.84. The highest BCUT2D eigenvalue weighted by molar-refractivity contribution is 5.97. The van der Waals surface area contributed by atoms with Gasteiger partial charge in [0.2, 0.25) is 5.91 Å². The quantitative estimate of drug-likeness (QED) is 0.662. The van der Waals surface area contributed by atoms with E-state index >= 15 is 0 Å². The molecular weight excluding hydrogens is 370 g/mol. The van der Waals surface area contributed by atoms with Crippen LogP contribution in [-0.4, -0.2) is 37.0 Å². The van der Waals surface area contributed by atoms with Gasteiger partial charge >= 0.3 is 0 Å². The molecular formula is C26H37N3O. The van der Waals surface area contributed by atoms with E-state index in [1.165, 1.54) is 5.56 Å². The minimum absolute atomic E-state index is 0.185. The topological polar surface area (TPSA) is 44.4 Å². The maximum atomic E-state index is 13.7. The molecule has 162 valence electrons. The van der Waals surface area contributed by atoms with E-state index in [2.05, 4.69) is 85.7 Å². The van der Waals surface area contributed by atoms with Gasteiger partial charge in [0.15, 0.2) is 0 Å². The number of nitrogens with one attached hydrogen (secondary N) is 2. The van der Waals surface area contributed by atoms with Crippen LogP contribution in [0.1, 0.15) is 43.4 Å². The van der Waals surface area contributed by atoms with Gasteiger partial charge in [-0.25, -0.2) is 0 Å². The van der Waals surface area contributed by atoms with E-state index in [1.807, 2.05) is 6.07 Å². The number of piperidine rings is 1. The lowest BCUT2D eigenvalue weighted by molar-refractivity contribution is -0.131. The molecule has 0 radical (unpaired) electrons. The minimum Gasteiger partial charge on any atom is -0.325 e. The van der Waals surface area contributed by atoms with Crippen molar-refractivity contribution in [3.8, 4) is 0 Å². The van der Waals surface area contributed by atoms with Crippen molar-refractivity contribution < 1.29 is 4.79 Å². The molecule has 1 aliphatic heterocycles. The molecule has 0 saturated carbocycles. The highest BCUT2D eigenvalue weighted by Gasteiger charge is 2.44. The molecule has 0 aliphatic carbocycles. The molecule has 3 rings (SSSR count). The number of benzene rings is 2. The maximum absolute atomic E-state index is 13.7. The first kappa shape index (κ1) is 22.5. The van der Waals surface area contributed by atoms with E-state index in [4.69, 9.17) is 0 Å². The van der Waals surface area contributed by atoms with Gasteiger partial charge < -0.3 is 10.6 Å². The summed E-state index contributed by atoms with van der Waals surface area (Å²) in [5, 5.41) is 6.78. The second-order valence-electron chi connectivity index (χ2n) is 8.84. The Morgan fingerprint density at radius 2 is 1.70 bits per heavy atom. The lowest BCUT2D eigenvalue weighted by atomic mass is 9.68. The molecule has 2 N–H and O–H groups in total. The Morgan fingerprint density at radius 1 is 1.07 bits per heavy atom. The molecule has 1 fully saturated rings. The normalized spacial score (nSPS) is 17.0. The lowest BCUT2D eigenvalue weighted by Gasteiger charge is -2.43. The van der Waals surface area contributed by atoms with E-state index in [9.17, 15) is 4.79 Å². The van der Waals surface area contributed by atoms with Crippen LogP contribution >= 0.6 is 0 Å². The zero-order valence-electron chi connectivity index (χ0n) is 19.0. The van der Waals surface area contributed by atoms with Gasteiger partial charge in [0.25, 0.3) is 0 Å². The SMILES string of the molecule is CCN(Cc1ccccc1)CC(C)C1(C(=O)Nc2c(C)cccc2C)CCNCC1. The number of nitrogens with zero attached hydrogens (tertiary/aromatic N) is 1. The van der Waals surface area contributed by atoms with E-state index in [0.717, 1.165) is 62.4 Å². The first-order valence-electron chi connectivity index (χ1n) is 11.3. The van der Waals surface area contributed by atoms with Gasteiger partial charge in [0, 0.05) is 18.8 Å². The zero-order chi connectivity index (χ0) is 21.6. The van der Waals surface area contributed by atoms with Crippen LogP contribution in [0.3, 0.4) is 0 Å². The molecule has 2 aromatic carbocycles. The van der Waals surface area contributed by atoms with E-state index in [-0.39, 0.29) is 17.2 Å². The molecule has 1 atom stereocenters. The van der Waals surface area contributed by atoms with Crippen LogP contribution in [0.5, 0.6) is 0 Å². The predicted octanol–water partition coefficient (Wildman–Crippen LogP) is 4.77. The van der Waals surface area contributed by atoms with Gasteiger partial charge in [-0.3, -0.25) is 9.69 Å². The molecule has 1 amide bonds. The van der Waals surface area contributed by atoms with Gasteiger partial charge in [0.05, 0.1) is 5.41 Å². The molecule has 4 nitrogen and oxygen atoms in total. The van der Waals surface area contributed by atoms with Crippen LogP contribution in [0.15, 0.2) is 48.5 Å². The summed E-state index contributed by atoms with van der Waals surface area (Å²) in [5.41, 5.74) is 4.21. The third-order valence-electron chi connectivity index (χ3n) is 6.84. The molecule has 30 heavy (non-hydrogen) atoms. The summed E-state index contributed by atoms with van der Waals surface area (Å²) in [6.45, 7) is 13.2. The van der Waals surface area contributed by atoms with Crippen molar-refractivity contribution in [3.05, 3.63) is 65.2 Å². The summed E-state index contributed by atoms with van der Waals surface area (Å²) in [7, 11) is 0. The number of carbonyl (C=O) groups excluding carboxylic acids is 1. The number of amides is 1. The van der Waals surface area contributed by atoms with Crippen molar-refractivity contribution in [2.24, 2.45) is 11.3 Å². The smallest absolute Gasteiger partial charge is 0.231 e. The standard InChI is InChI=1S/C26H37N3O/c1-5-29(19-23-12-7-6-8-13-23)18-22(4)26(14-16-27-17-15-26)25(30)28-24-20(2)10-9-11-21(24)3/h6-13,22,27H,5,14-19H2,1-4H3,(H,28,30). The van der Waals surface area contributed by atoms with Crippen LogP contribution in [0, 0.1) is 25.2 Å². The number of rotatable bonds is 8. The Bertz CT molecular complexity index is 807.